The molecular formula is C20H23N3O2. The lowest BCUT2D eigenvalue weighted by Crippen LogP contribution is -2.35. The Bertz CT molecular complexity index is 767. The molecule has 2 aromatic rings. The van der Waals surface area contributed by atoms with Crippen LogP contribution in [0.5, 0.6) is 0 Å². The van der Waals surface area contributed by atoms with Crippen LogP contribution in [0.2, 0.25) is 0 Å². The molecule has 0 spiro atoms. The van der Waals surface area contributed by atoms with E-state index in [9.17, 15) is 9.59 Å². The minimum Gasteiger partial charge on any atom is -0.339 e. The van der Waals surface area contributed by atoms with Crippen molar-refractivity contribution in [1.29, 1.82) is 0 Å². The van der Waals surface area contributed by atoms with Crippen LogP contribution in [0.1, 0.15) is 52.5 Å². The van der Waals surface area contributed by atoms with Gasteiger partial charge in [-0.25, -0.2) is 0 Å². The smallest absolute Gasteiger partial charge is 0.257 e. The molecule has 5 heteroatoms. The fourth-order valence-corrected chi connectivity index (χ4v) is 3.11. The summed E-state index contributed by atoms with van der Waals surface area (Å²) in [5.41, 5.74) is 2.74. The zero-order valence-electron chi connectivity index (χ0n) is 14.5. The Morgan fingerprint density at radius 2 is 1.80 bits per heavy atom. The van der Waals surface area contributed by atoms with Crippen LogP contribution in [-0.4, -0.2) is 34.8 Å². The van der Waals surface area contributed by atoms with E-state index in [4.69, 9.17) is 0 Å². The van der Waals surface area contributed by atoms with Crippen molar-refractivity contribution in [2.45, 2.75) is 32.6 Å². The van der Waals surface area contributed by atoms with Gasteiger partial charge in [0.25, 0.3) is 11.8 Å². The van der Waals surface area contributed by atoms with E-state index >= 15 is 0 Å². The lowest BCUT2D eigenvalue weighted by Gasteiger charge is -2.26. The first kappa shape index (κ1) is 17.1. The lowest BCUT2D eigenvalue weighted by molar-refractivity contribution is 0.0724. The number of aromatic nitrogens is 1. The van der Waals surface area contributed by atoms with Gasteiger partial charge in [-0.1, -0.05) is 25.1 Å². The van der Waals surface area contributed by atoms with E-state index in [1.54, 1.807) is 6.07 Å². The predicted molar refractivity (Wildman–Crippen MR) is 97.8 cm³/mol. The van der Waals surface area contributed by atoms with E-state index in [-0.39, 0.29) is 11.8 Å². The average Bonchev–Trinajstić information content (AvgIpc) is 2.68. The molecule has 130 valence electrons. The van der Waals surface area contributed by atoms with Gasteiger partial charge >= 0.3 is 0 Å². The third-order valence-corrected chi connectivity index (χ3v) is 4.54. The average molecular weight is 337 g/mol. The Balaban J connectivity index is 1.76. The number of benzene rings is 1. The molecule has 0 atom stereocenters. The highest BCUT2D eigenvalue weighted by atomic mass is 16.2. The fraction of sp³-hybridized carbons (Fsp3) is 0.350. The van der Waals surface area contributed by atoms with Crippen molar-refractivity contribution in [3.8, 4) is 0 Å². The van der Waals surface area contributed by atoms with Crippen LogP contribution >= 0.6 is 0 Å². The Hall–Kier alpha value is -2.69. The maximum atomic E-state index is 12.6. The number of carbonyl (C=O) groups is 2. The van der Waals surface area contributed by atoms with Crippen LogP contribution in [-0.2, 0) is 6.42 Å². The molecule has 1 saturated heterocycles. The number of carbonyl (C=O) groups excluding carboxylic acids is 2. The molecule has 1 aromatic heterocycles. The van der Waals surface area contributed by atoms with E-state index in [0.29, 0.717) is 11.1 Å². The number of anilines is 1. The van der Waals surface area contributed by atoms with Gasteiger partial charge in [0.05, 0.1) is 11.1 Å². The van der Waals surface area contributed by atoms with Crippen molar-refractivity contribution >= 4 is 17.5 Å². The highest BCUT2D eigenvalue weighted by Crippen LogP contribution is 2.18. The highest BCUT2D eigenvalue weighted by Gasteiger charge is 2.19. The third kappa shape index (κ3) is 4.05. The van der Waals surface area contributed by atoms with Gasteiger partial charge in [0.2, 0.25) is 0 Å². The van der Waals surface area contributed by atoms with E-state index < -0.39 is 0 Å². The van der Waals surface area contributed by atoms with Gasteiger partial charge in [0.1, 0.15) is 0 Å². The molecule has 0 aliphatic carbocycles. The summed E-state index contributed by atoms with van der Waals surface area (Å²) in [6, 6.07) is 9.35. The van der Waals surface area contributed by atoms with Crippen LogP contribution in [0.15, 0.2) is 42.7 Å². The number of para-hydroxylation sites is 1. The summed E-state index contributed by atoms with van der Waals surface area (Å²) in [6.45, 7) is 3.60. The monoisotopic (exact) mass is 337 g/mol. The Kier molecular flexibility index (Phi) is 5.43. The summed E-state index contributed by atoms with van der Waals surface area (Å²) >= 11 is 0. The van der Waals surface area contributed by atoms with Gasteiger partial charge in [-0.3, -0.25) is 14.6 Å². The largest absolute Gasteiger partial charge is 0.339 e. The van der Waals surface area contributed by atoms with Crippen molar-refractivity contribution in [1.82, 2.24) is 9.88 Å². The van der Waals surface area contributed by atoms with Crippen molar-refractivity contribution < 1.29 is 9.59 Å². The van der Waals surface area contributed by atoms with E-state index in [1.807, 2.05) is 36.1 Å². The first-order valence-corrected chi connectivity index (χ1v) is 8.82. The molecule has 1 fully saturated rings. The second kappa shape index (κ2) is 7.92. The minimum atomic E-state index is -0.248. The number of hydrogen-bond acceptors (Lipinski definition) is 3. The van der Waals surface area contributed by atoms with Crippen molar-refractivity contribution in [2.75, 3.05) is 18.4 Å². The lowest BCUT2D eigenvalue weighted by atomic mass is 10.1. The maximum Gasteiger partial charge on any atom is 0.257 e. The summed E-state index contributed by atoms with van der Waals surface area (Å²) in [5, 5.41) is 2.92. The molecule has 0 saturated carbocycles. The number of piperidine rings is 1. The normalized spacial score (nSPS) is 14.2. The molecule has 2 amide bonds. The quantitative estimate of drug-likeness (QED) is 0.928. The zero-order chi connectivity index (χ0) is 17.6. The molecule has 1 aromatic carbocycles. The van der Waals surface area contributed by atoms with Gasteiger partial charge in [-0.05, 0) is 43.4 Å². The number of nitrogens with zero attached hydrogens (tertiary/aromatic N) is 2. The molecule has 3 rings (SSSR count). The molecule has 0 unspecified atom stereocenters. The first-order valence-electron chi connectivity index (χ1n) is 8.82. The maximum absolute atomic E-state index is 12.6. The molecular weight excluding hydrogens is 314 g/mol. The van der Waals surface area contributed by atoms with Gasteiger partial charge in [0.15, 0.2) is 0 Å². The van der Waals surface area contributed by atoms with Gasteiger partial charge in [-0.2, -0.15) is 0 Å². The molecule has 0 bridgehead atoms. The van der Waals surface area contributed by atoms with E-state index in [0.717, 1.165) is 43.6 Å². The summed E-state index contributed by atoms with van der Waals surface area (Å²) < 4.78 is 0. The summed E-state index contributed by atoms with van der Waals surface area (Å²) in [4.78, 5) is 31.1. The van der Waals surface area contributed by atoms with Gasteiger partial charge < -0.3 is 10.2 Å². The molecule has 2 heterocycles. The molecule has 1 N–H and O–H groups in total. The second-order valence-corrected chi connectivity index (χ2v) is 6.28. The molecule has 25 heavy (non-hydrogen) atoms. The first-order chi connectivity index (χ1) is 12.2. The molecule has 1 aliphatic heterocycles. The number of hydrogen-bond donors (Lipinski definition) is 1. The molecule has 1 aliphatic rings. The molecule has 0 radical (unpaired) electrons. The number of nitrogens with one attached hydrogen (secondary N) is 1. The number of pyridine rings is 1. The Morgan fingerprint density at radius 1 is 1.08 bits per heavy atom. The summed E-state index contributed by atoms with van der Waals surface area (Å²) in [6.07, 6.45) is 7.11. The summed E-state index contributed by atoms with van der Waals surface area (Å²) in [5.74, 6) is -0.294. The van der Waals surface area contributed by atoms with Crippen molar-refractivity contribution in [3.63, 3.8) is 0 Å². The standard InChI is InChI=1S/C20H23N3O2/c1-2-15-8-4-5-9-18(15)22-19(24)16-12-17(14-21-13-16)20(25)23-10-6-3-7-11-23/h4-5,8-9,12-14H,2-3,6-7,10-11H2,1H3,(H,22,24). The number of rotatable bonds is 4. The molecule has 5 nitrogen and oxygen atoms in total. The Morgan fingerprint density at radius 3 is 2.56 bits per heavy atom. The zero-order valence-corrected chi connectivity index (χ0v) is 14.5. The van der Waals surface area contributed by atoms with Gasteiger partial charge in [-0.15, -0.1) is 0 Å². The van der Waals surface area contributed by atoms with Crippen LogP contribution in [0.25, 0.3) is 0 Å². The van der Waals surface area contributed by atoms with E-state index in [1.165, 1.54) is 18.8 Å². The second-order valence-electron chi connectivity index (χ2n) is 6.28. The summed E-state index contributed by atoms with van der Waals surface area (Å²) in [7, 11) is 0. The predicted octanol–water partition coefficient (Wildman–Crippen LogP) is 3.52. The SMILES string of the molecule is CCc1ccccc1NC(=O)c1cncc(C(=O)N2CCCCC2)c1. The van der Waals surface area contributed by atoms with E-state index in [2.05, 4.69) is 10.3 Å². The fourth-order valence-electron chi connectivity index (χ4n) is 3.11. The number of likely N-dealkylation sites (tertiary alicyclic amines) is 1. The third-order valence-electron chi connectivity index (χ3n) is 4.54. The van der Waals surface area contributed by atoms with Gasteiger partial charge in [0, 0.05) is 31.2 Å². The van der Waals surface area contributed by atoms with Crippen molar-refractivity contribution in [3.05, 3.63) is 59.4 Å². The van der Waals surface area contributed by atoms with Crippen LogP contribution in [0.4, 0.5) is 5.69 Å². The van der Waals surface area contributed by atoms with Crippen molar-refractivity contribution in [2.24, 2.45) is 0 Å². The van der Waals surface area contributed by atoms with Crippen LogP contribution in [0.3, 0.4) is 0 Å². The number of aryl methyl sites for hydroxylation is 1. The Labute approximate surface area is 148 Å². The highest BCUT2D eigenvalue weighted by molar-refractivity contribution is 6.06. The topological polar surface area (TPSA) is 62.3 Å². The number of amides is 2. The van der Waals surface area contributed by atoms with Crippen LogP contribution in [0, 0.1) is 0 Å². The minimum absolute atomic E-state index is 0.0455. The van der Waals surface area contributed by atoms with Crippen LogP contribution < -0.4 is 5.32 Å².